The number of anilines is 1. The molecule has 5 nitrogen and oxygen atoms in total. The molecule has 17 heavy (non-hydrogen) atoms. The standard InChI is InChI=1S/C12H13NO4/c1-2-4-11(14)13-9-5-3-6-10(7-9)17-8-12(15)16/h2-7H,8H2,1H3,(H,13,14)(H,15,16). The highest BCUT2D eigenvalue weighted by Gasteiger charge is 2.02. The summed E-state index contributed by atoms with van der Waals surface area (Å²) in [6.07, 6.45) is 3.02. The minimum absolute atomic E-state index is 0.247. The summed E-state index contributed by atoms with van der Waals surface area (Å²) in [5.74, 6) is -0.901. The third kappa shape index (κ3) is 4.83. The van der Waals surface area contributed by atoms with Gasteiger partial charge in [-0.15, -0.1) is 0 Å². The van der Waals surface area contributed by atoms with E-state index in [1.165, 1.54) is 6.08 Å². The lowest BCUT2D eigenvalue weighted by Gasteiger charge is -2.06. The number of amides is 1. The average molecular weight is 235 g/mol. The molecule has 0 unspecified atom stereocenters. The van der Waals surface area contributed by atoms with Gasteiger partial charge in [0.25, 0.3) is 0 Å². The SMILES string of the molecule is CC=CC(=O)Nc1cccc(OCC(=O)O)c1. The molecule has 0 aromatic heterocycles. The molecular formula is C12H13NO4. The van der Waals surface area contributed by atoms with Crippen molar-refractivity contribution in [2.75, 3.05) is 11.9 Å². The number of allylic oxidation sites excluding steroid dienone is 1. The molecular weight excluding hydrogens is 222 g/mol. The van der Waals surface area contributed by atoms with E-state index in [0.29, 0.717) is 11.4 Å². The summed E-state index contributed by atoms with van der Waals surface area (Å²) in [6, 6.07) is 6.54. The summed E-state index contributed by atoms with van der Waals surface area (Å²) in [7, 11) is 0. The van der Waals surface area contributed by atoms with Crippen molar-refractivity contribution in [3.8, 4) is 5.75 Å². The molecule has 0 spiro atoms. The van der Waals surface area contributed by atoms with Crippen molar-refractivity contribution in [3.63, 3.8) is 0 Å². The summed E-state index contributed by atoms with van der Waals surface area (Å²) in [5, 5.41) is 11.1. The minimum Gasteiger partial charge on any atom is -0.482 e. The Balaban J connectivity index is 2.65. The molecule has 5 heteroatoms. The second-order valence-corrected chi connectivity index (χ2v) is 3.20. The van der Waals surface area contributed by atoms with E-state index in [4.69, 9.17) is 9.84 Å². The predicted octanol–water partition coefficient (Wildman–Crippen LogP) is 1.66. The normalized spacial score (nSPS) is 10.2. The summed E-state index contributed by atoms with van der Waals surface area (Å²) in [6.45, 7) is 1.33. The molecule has 90 valence electrons. The molecule has 0 bridgehead atoms. The first kappa shape index (κ1) is 12.8. The Morgan fingerprint density at radius 2 is 2.24 bits per heavy atom. The monoisotopic (exact) mass is 235 g/mol. The zero-order valence-electron chi connectivity index (χ0n) is 9.34. The van der Waals surface area contributed by atoms with Crippen LogP contribution in [0.5, 0.6) is 5.75 Å². The molecule has 0 heterocycles. The Kier molecular flexibility index (Phi) is 4.75. The lowest BCUT2D eigenvalue weighted by Crippen LogP contribution is -2.10. The number of carboxylic acids is 1. The van der Waals surface area contributed by atoms with Crippen molar-refractivity contribution in [1.29, 1.82) is 0 Å². The highest BCUT2D eigenvalue weighted by molar-refractivity contribution is 5.99. The van der Waals surface area contributed by atoms with Crippen molar-refractivity contribution in [1.82, 2.24) is 0 Å². The lowest BCUT2D eigenvalue weighted by molar-refractivity contribution is -0.139. The maximum absolute atomic E-state index is 11.3. The van der Waals surface area contributed by atoms with Crippen molar-refractivity contribution in [2.45, 2.75) is 6.92 Å². The van der Waals surface area contributed by atoms with Gasteiger partial charge in [0, 0.05) is 11.8 Å². The maximum atomic E-state index is 11.3. The lowest BCUT2D eigenvalue weighted by atomic mass is 10.3. The molecule has 2 N–H and O–H groups in total. The molecule has 0 aliphatic heterocycles. The fourth-order valence-corrected chi connectivity index (χ4v) is 1.14. The Morgan fingerprint density at radius 1 is 1.47 bits per heavy atom. The maximum Gasteiger partial charge on any atom is 0.341 e. The van der Waals surface area contributed by atoms with Crippen LogP contribution in [0.3, 0.4) is 0 Å². The van der Waals surface area contributed by atoms with Gasteiger partial charge in [-0.1, -0.05) is 12.1 Å². The van der Waals surface area contributed by atoms with Gasteiger partial charge in [-0.3, -0.25) is 4.79 Å². The number of hydrogen-bond donors (Lipinski definition) is 2. The van der Waals surface area contributed by atoms with Crippen LogP contribution in [0.4, 0.5) is 5.69 Å². The zero-order chi connectivity index (χ0) is 12.7. The van der Waals surface area contributed by atoms with Crippen LogP contribution in [-0.4, -0.2) is 23.6 Å². The van der Waals surface area contributed by atoms with Crippen molar-refractivity contribution in [2.24, 2.45) is 0 Å². The second kappa shape index (κ2) is 6.32. The molecule has 0 atom stereocenters. The highest BCUT2D eigenvalue weighted by atomic mass is 16.5. The van der Waals surface area contributed by atoms with Gasteiger partial charge in [0.1, 0.15) is 5.75 Å². The average Bonchev–Trinajstić information content (AvgIpc) is 2.27. The number of carboxylic acid groups (broad SMARTS) is 1. The van der Waals surface area contributed by atoms with Crippen molar-refractivity contribution < 1.29 is 19.4 Å². The van der Waals surface area contributed by atoms with E-state index < -0.39 is 12.6 Å². The quantitative estimate of drug-likeness (QED) is 0.761. The number of nitrogens with one attached hydrogen (secondary N) is 1. The fraction of sp³-hybridized carbons (Fsp3) is 0.167. The summed E-state index contributed by atoms with van der Waals surface area (Å²) < 4.78 is 4.98. The largest absolute Gasteiger partial charge is 0.482 e. The van der Waals surface area contributed by atoms with E-state index in [-0.39, 0.29) is 5.91 Å². The number of ether oxygens (including phenoxy) is 1. The summed E-state index contributed by atoms with van der Waals surface area (Å²) >= 11 is 0. The number of aliphatic carboxylic acids is 1. The van der Waals surface area contributed by atoms with Gasteiger partial charge in [-0.25, -0.2) is 4.79 Å². The Hall–Kier alpha value is -2.30. The third-order valence-corrected chi connectivity index (χ3v) is 1.78. The van der Waals surface area contributed by atoms with Gasteiger partial charge in [-0.05, 0) is 25.1 Å². The molecule has 1 rings (SSSR count). The van der Waals surface area contributed by atoms with Gasteiger partial charge in [0.2, 0.25) is 5.91 Å². The van der Waals surface area contributed by atoms with E-state index in [1.54, 1.807) is 37.3 Å². The molecule has 0 saturated carbocycles. The molecule has 1 amide bonds. The van der Waals surface area contributed by atoms with Crippen LogP contribution in [-0.2, 0) is 9.59 Å². The van der Waals surface area contributed by atoms with Gasteiger partial charge in [0.05, 0.1) is 0 Å². The van der Waals surface area contributed by atoms with Gasteiger partial charge in [-0.2, -0.15) is 0 Å². The van der Waals surface area contributed by atoms with Crippen LogP contribution in [0.1, 0.15) is 6.92 Å². The van der Waals surface area contributed by atoms with Crippen LogP contribution in [0.25, 0.3) is 0 Å². The third-order valence-electron chi connectivity index (χ3n) is 1.78. The number of benzene rings is 1. The van der Waals surface area contributed by atoms with Crippen LogP contribution in [0.2, 0.25) is 0 Å². The van der Waals surface area contributed by atoms with Crippen molar-refractivity contribution in [3.05, 3.63) is 36.4 Å². The summed E-state index contributed by atoms with van der Waals surface area (Å²) in [4.78, 5) is 21.6. The highest BCUT2D eigenvalue weighted by Crippen LogP contribution is 2.17. The summed E-state index contributed by atoms with van der Waals surface area (Å²) in [5.41, 5.74) is 0.552. The smallest absolute Gasteiger partial charge is 0.341 e. The molecule has 1 aromatic carbocycles. The number of carbonyl (C=O) groups excluding carboxylic acids is 1. The zero-order valence-corrected chi connectivity index (χ0v) is 9.34. The first-order chi connectivity index (χ1) is 8.11. The molecule has 0 aliphatic carbocycles. The van der Waals surface area contributed by atoms with E-state index in [2.05, 4.69) is 5.32 Å². The molecule has 0 saturated heterocycles. The van der Waals surface area contributed by atoms with E-state index in [9.17, 15) is 9.59 Å². The van der Waals surface area contributed by atoms with Gasteiger partial charge in [0.15, 0.2) is 6.61 Å². The van der Waals surface area contributed by atoms with Crippen molar-refractivity contribution >= 4 is 17.6 Å². The molecule has 0 fully saturated rings. The number of carbonyl (C=O) groups is 2. The van der Waals surface area contributed by atoms with Crippen LogP contribution >= 0.6 is 0 Å². The van der Waals surface area contributed by atoms with Crippen LogP contribution < -0.4 is 10.1 Å². The van der Waals surface area contributed by atoms with Crippen LogP contribution in [0.15, 0.2) is 36.4 Å². The number of hydrogen-bond acceptors (Lipinski definition) is 3. The van der Waals surface area contributed by atoms with E-state index >= 15 is 0 Å². The Bertz CT molecular complexity index is 440. The first-order valence-electron chi connectivity index (χ1n) is 5.00. The Labute approximate surface area is 98.7 Å². The predicted molar refractivity (Wildman–Crippen MR) is 63.0 cm³/mol. The van der Waals surface area contributed by atoms with Gasteiger partial charge >= 0.3 is 5.97 Å². The fourth-order valence-electron chi connectivity index (χ4n) is 1.14. The van der Waals surface area contributed by atoms with Gasteiger partial charge < -0.3 is 15.2 Å². The molecule has 1 aromatic rings. The van der Waals surface area contributed by atoms with Crippen LogP contribution in [0, 0.1) is 0 Å². The van der Waals surface area contributed by atoms with E-state index in [1.807, 2.05) is 0 Å². The minimum atomic E-state index is -1.05. The molecule has 0 aliphatic rings. The number of rotatable bonds is 5. The molecule has 0 radical (unpaired) electrons. The topological polar surface area (TPSA) is 75.6 Å². The Morgan fingerprint density at radius 3 is 2.88 bits per heavy atom. The van der Waals surface area contributed by atoms with E-state index in [0.717, 1.165) is 0 Å². The first-order valence-corrected chi connectivity index (χ1v) is 5.00. The second-order valence-electron chi connectivity index (χ2n) is 3.20.